The van der Waals surface area contributed by atoms with E-state index in [2.05, 4.69) is 24.4 Å². The van der Waals surface area contributed by atoms with Crippen molar-refractivity contribution in [3.8, 4) is 0 Å². The molecule has 1 saturated carbocycles. The highest BCUT2D eigenvalue weighted by molar-refractivity contribution is 5.89. The SMILES string of the molecule is CC(C)(C)OC(=O)NCC(=O)N1CCCC1C(N)=O.CCCCC/C=C\C1CC1C(=O)OCC.O=C(O)N1Cc2cccc(F)c2C1. The largest absolute Gasteiger partial charge is 0.466 e. The first-order chi connectivity index (χ1) is 22.2. The highest BCUT2D eigenvalue weighted by atomic mass is 19.1. The number of halogens is 1. The van der Waals surface area contributed by atoms with Crippen molar-refractivity contribution in [3.63, 3.8) is 0 Å². The number of carbonyl (C=O) groups is 5. The first-order valence-corrected chi connectivity index (χ1v) is 16.3. The summed E-state index contributed by atoms with van der Waals surface area (Å²) in [4.78, 5) is 58.9. The van der Waals surface area contributed by atoms with Crippen LogP contribution in [0.15, 0.2) is 30.4 Å². The van der Waals surface area contributed by atoms with E-state index in [4.69, 9.17) is 20.3 Å². The van der Waals surface area contributed by atoms with Crippen molar-refractivity contribution in [2.24, 2.45) is 17.6 Å². The van der Waals surface area contributed by atoms with E-state index >= 15 is 0 Å². The van der Waals surface area contributed by atoms with Crippen LogP contribution in [0.2, 0.25) is 0 Å². The molecule has 0 radical (unpaired) electrons. The Hall–Kier alpha value is -4.16. The lowest BCUT2D eigenvalue weighted by Gasteiger charge is -2.23. The van der Waals surface area contributed by atoms with E-state index in [1.807, 2.05) is 6.92 Å². The minimum Gasteiger partial charge on any atom is -0.466 e. The topological polar surface area (TPSA) is 169 Å². The molecule has 3 aliphatic rings. The lowest BCUT2D eigenvalue weighted by Crippen LogP contribution is -2.48. The van der Waals surface area contributed by atoms with Crippen molar-refractivity contribution in [1.82, 2.24) is 15.1 Å². The number of nitrogens with zero attached hydrogens (tertiary/aromatic N) is 2. The number of nitrogens with one attached hydrogen (secondary N) is 1. The molecule has 1 aromatic carbocycles. The van der Waals surface area contributed by atoms with Gasteiger partial charge in [-0.3, -0.25) is 19.3 Å². The summed E-state index contributed by atoms with van der Waals surface area (Å²) in [5.41, 5.74) is 5.88. The lowest BCUT2D eigenvalue weighted by molar-refractivity contribution is -0.144. The summed E-state index contributed by atoms with van der Waals surface area (Å²) in [5, 5.41) is 11.1. The van der Waals surface area contributed by atoms with E-state index in [1.165, 1.54) is 35.1 Å². The van der Waals surface area contributed by atoms with E-state index in [-0.39, 0.29) is 36.7 Å². The standard InChI is InChI=1S/C13H22O2.C12H21N3O4.C9H8FNO2/c1-3-5-6-7-8-9-11-10-12(11)13(14)15-4-2;1-12(2,3)19-11(18)14-7-9(16)15-6-4-5-8(15)10(13)17;10-8-3-1-2-6-4-11(9(12)13)5-7(6)8/h8-9,11-12H,3-7,10H2,1-2H3;8H,4-7H2,1-3H3,(H2,13,17)(H,14,18);1-3H,4-5H2,(H,12,13)/b9-8-;;. The number of ether oxygens (including phenoxy) is 2. The van der Waals surface area contributed by atoms with E-state index < -0.39 is 29.7 Å². The molecule has 1 saturated heterocycles. The molecule has 2 aliphatic heterocycles. The summed E-state index contributed by atoms with van der Waals surface area (Å²) in [6, 6.07) is 4.14. The van der Waals surface area contributed by atoms with Gasteiger partial charge in [0.25, 0.3) is 0 Å². The van der Waals surface area contributed by atoms with E-state index in [1.54, 1.807) is 32.9 Å². The van der Waals surface area contributed by atoms with Crippen LogP contribution in [0.5, 0.6) is 0 Å². The minimum atomic E-state index is -1.00. The van der Waals surface area contributed by atoms with Gasteiger partial charge in [-0.15, -0.1) is 0 Å². The third kappa shape index (κ3) is 13.6. The molecule has 12 nitrogen and oxygen atoms in total. The van der Waals surface area contributed by atoms with E-state index in [9.17, 15) is 28.4 Å². The number of hydrogen-bond acceptors (Lipinski definition) is 7. The van der Waals surface area contributed by atoms with E-state index in [0.29, 0.717) is 37.6 Å². The zero-order valence-corrected chi connectivity index (χ0v) is 28.3. The van der Waals surface area contributed by atoms with Crippen LogP contribution >= 0.6 is 0 Å². The number of hydrogen-bond donors (Lipinski definition) is 3. The summed E-state index contributed by atoms with van der Waals surface area (Å²) in [5.74, 6) is -0.546. The van der Waals surface area contributed by atoms with Crippen molar-refractivity contribution in [2.45, 2.75) is 104 Å². The number of alkyl carbamates (subject to hydrolysis) is 1. The molecule has 4 N–H and O–H groups in total. The molecule has 1 aromatic rings. The molecule has 13 heteroatoms. The van der Waals surface area contributed by atoms with E-state index in [0.717, 1.165) is 24.8 Å². The van der Waals surface area contributed by atoms with Crippen molar-refractivity contribution in [1.29, 1.82) is 0 Å². The second-order valence-electron chi connectivity index (χ2n) is 12.7. The quantitative estimate of drug-likeness (QED) is 0.176. The zero-order valence-electron chi connectivity index (χ0n) is 28.3. The van der Waals surface area contributed by atoms with Crippen LogP contribution in [0, 0.1) is 17.7 Å². The first-order valence-electron chi connectivity index (χ1n) is 16.3. The molecule has 262 valence electrons. The minimum absolute atomic E-state index is 0.0132. The smallest absolute Gasteiger partial charge is 0.408 e. The Labute approximate surface area is 276 Å². The van der Waals surface area contributed by atoms with Crippen LogP contribution in [0.3, 0.4) is 0 Å². The van der Waals surface area contributed by atoms with Gasteiger partial charge < -0.3 is 30.5 Å². The van der Waals surface area contributed by atoms with Gasteiger partial charge in [-0.2, -0.15) is 0 Å². The monoisotopic (exact) mass is 662 g/mol. The summed E-state index contributed by atoms with van der Waals surface area (Å²) in [6.45, 7) is 10.5. The second-order valence-corrected chi connectivity index (χ2v) is 12.7. The highest BCUT2D eigenvalue weighted by Crippen LogP contribution is 2.40. The molecule has 1 aliphatic carbocycles. The van der Waals surface area contributed by atoms with Crippen molar-refractivity contribution in [2.75, 3.05) is 19.7 Å². The Kier molecular flexibility index (Phi) is 15.7. The average Bonchev–Trinajstić information content (AvgIpc) is 3.37. The maximum atomic E-state index is 13.1. The van der Waals surface area contributed by atoms with Gasteiger partial charge in [0.05, 0.1) is 19.1 Å². The predicted molar refractivity (Wildman–Crippen MR) is 173 cm³/mol. The number of nitrogens with two attached hydrogens (primary N) is 1. The van der Waals surface area contributed by atoms with Gasteiger partial charge >= 0.3 is 18.2 Å². The lowest BCUT2D eigenvalue weighted by atomic mass is 10.1. The van der Waals surface area contributed by atoms with Crippen LogP contribution in [-0.4, -0.2) is 76.2 Å². The number of unbranched alkanes of at least 4 members (excludes halogenated alkanes) is 3. The fraction of sp³-hybridized carbons (Fsp3) is 0.618. The molecule has 0 aromatic heterocycles. The molecule has 3 unspecified atom stereocenters. The van der Waals surface area contributed by atoms with Crippen LogP contribution in [0.4, 0.5) is 14.0 Å². The van der Waals surface area contributed by atoms with Crippen molar-refractivity contribution < 1.29 is 42.9 Å². The Morgan fingerprint density at radius 3 is 2.45 bits per heavy atom. The third-order valence-electron chi connectivity index (χ3n) is 7.67. The molecular weight excluding hydrogens is 611 g/mol. The molecule has 2 heterocycles. The summed E-state index contributed by atoms with van der Waals surface area (Å²) in [6.07, 6.45) is 10.0. The molecule has 4 rings (SSSR count). The number of carbonyl (C=O) groups excluding carboxylic acids is 4. The van der Waals surface area contributed by atoms with Crippen LogP contribution in [-0.2, 0) is 36.9 Å². The number of esters is 1. The van der Waals surface area contributed by atoms with Crippen LogP contribution in [0.25, 0.3) is 0 Å². The number of allylic oxidation sites excluding steroid dienone is 2. The van der Waals surface area contributed by atoms with Gasteiger partial charge in [0.15, 0.2) is 0 Å². The normalized spacial score (nSPS) is 19.5. The number of amides is 4. The average molecular weight is 663 g/mol. The number of likely N-dealkylation sites (tertiary alicyclic amines) is 1. The fourth-order valence-corrected chi connectivity index (χ4v) is 5.17. The summed E-state index contributed by atoms with van der Waals surface area (Å²) in [7, 11) is 0. The zero-order chi connectivity index (χ0) is 35.1. The van der Waals surface area contributed by atoms with Gasteiger partial charge in [-0.25, -0.2) is 14.0 Å². The highest BCUT2D eigenvalue weighted by Gasteiger charge is 2.42. The van der Waals surface area contributed by atoms with Gasteiger partial charge in [-0.05, 0) is 77.3 Å². The Morgan fingerprint density at radius 1 is 1.13 bits per heavy atom. The predicted octanol–water partition coefficient (Wildman–Crippen LogP) is 5.13. The number of carboxylic acid groups (broad SMARTS) is 1. The van der Waals surface area contributed by atoms with Crippen molar-refractivity contribution >= 4 is 30.0 Å². The van der Waals surface area contributed by atoms with Gasteiger partial charge in [-0.1, -0.05) is 44.1 Å². The Morgan fingerprint density at radius 2 is 1.85 bits per heavy atom. The molecule has 2 fully saturated rings. The molecule has 47 heavy (non-hydrogen) atoms. The third-order valence-corrected chi connectivity index (χ3v) is 7.67. The van der Waals surface area contributed by atoms with Crippen LogP contribution in [0.1, 0.15) is 90.7 Å². The summed E-state index contributed by atoms with van der Waals surface area (Å²) >= 11 is 0. The maximum absolute atomic E-state index is 13.1. The number of benzene rings is 1. The summed E-state index contributed by atoms with van der Waals surface area (Å²) < 4.78 is 23.1. The molecule has 3 atom stereocenters. The van der Waals surface area contributed by atoms with Crippen molar-refractivity contribution in [3.05, 3.63) is 47.3 Å². The first kappa shape index (κ1) is 39.0. The molecule has 0 bridgehead atoms. The molecular formula is C34H51FN4O8. The van der Waals surface area contributed by atoms with Gasteiger partial charge in [0.2, 0.25) is 11.8 Å². The maximum Gasteiger partial charge on any atom is 0.408 e. The molecule has 4 amide bonds. The fourth-order valence-electron chi connectivity index (χ4n) is 5.17. The second kappa shape index (κ2) is 18.9. The van der Waals surface area contributed by atoms with Gasteiger partial charge in [0.1, 0.15) is 24.0 Å². The van der Waals surface area contributed by atoms with Gasteiger partial charge in [0, 0.05) is 18.7 Å². The van der Waals surface area contributed by atoms with Crippen LogP contribution < -0.4 is 11.1 Å². The Balaban J connectivity index is 0.000000249. The molecule has 0 spiro atoms. The number of primary amides is 1. The number of rotatable bonds is 10. The number of fused-ring (bicyclic) bond motifs is 1. The Bertz CT molecular complexity index is 1270.